The van der Waals surface area contributed by atoms with E-state index in [-0.39, 0.29) is 18.6 Å². The van der Waals surface area contributed by atoms with Crippen molar-refractivity contribution in [1.82, 2.24) is 9.88 Å². The Morgan fingerprint density at radius 1 is 1.19 bits per heavy atom. The minimum Gasteiger partial charge on any atom is -0.452 e. The van der Waals surface area contributed by atoms with Crippen LogP contribution in [0.3, 0.4) is 0 Å². The molecule has 5 heteroatoms. The van der Waals surface area contributed by atoms with Crippen molar-refractivity contribution < 1.29 is 14.3 Å². The molecule has 140 valence electrons. The van der Waals surface area contributed by atoms with Gasteiger partial charge in [-0.3, -0.25) is 4.79 Å². The molecule has 2 rings (SSSR count). The van der Waals surface area contributed by atoms with E-state index in [1.807, 2.05) is 56.5 Å². The number of carbonyl (C=O) groups excluding carboxylic acids is 2. The highest BCUT2D eigenvalue weighted by Gasteiger charge is 2.18. The Kier molecular flexibility index (Phi) is 7.01. The van der Waals surface area contributed by atoms with Crippen LogP contribution in [0.25, 0.3) is 0 Å². The molecule has 0 fully saturated rings. The standard InChI is InChI=1S/C21H28N2O3/c1-5-23-16(3)13-19(17(23)4)21(25)26-14-20(24)22-15(2)11-12-18-9-7-6-8-10-18/h6-10,13,15H,5,11-12,14H2,1-4H3,(H,22,24). The van der Waals surface area contributed by atoms with E-state index >= 15 is 0 Å². The lowest BCUT2D eigenvalue weighted by Crippen LogP contribution is -2.36. The van der Waals surface area contributed by atoms with Gasteiger partial charge in [-0.25, -0.2) is 4.79 Å². The number of hydrogen-bond donors (Lipinski definition) is 1. The summed E-state index contributed by atoms with van der Waals surface area (Å²) < 4.78 is 7.23. The van der Waals surface area contributed by atoms with Crippen LogP contribution < -0.4 is 5.32 Å². The van der Waals surface area contributed by atoms with Crippen molar-refractivity contribution >= 4 is 11.9 Å². The highest BCUT2D eigenvalue weighted by molar-refractivity contribution is 5.92. The number of amides is 1. The summed E-state index contributed by atoms with van der Waals surface area (Å²) in [7, 11) is 0. The lowest BCUT2D eigenvalue weighted by atomic mass is 10.1. The molecule has 1 N–H and O–H groups in total. The predicted octanol–water partition coefficient (Wildman–Crippen LogP) is 3.42. The topological polar surface area (TPSA) is 60.3 Å². The van der Waals surface area contributed by atoms with Gasteiger partial charge in [0.2, 0.25) is 0 Å². The average Bonchev–Trinajstić information content (AvgIpc) is 2.92. The maximum atomic E-state index is 12.2. The molecule has 1 aromatic heterocycles. The smallest absolute Gasteiger partial charge is 0.340 e. The molecule has 0 bridgehead atoms. The number of aromatic nitrogens is 1. The zero-order valence-electron chi connectivity index (χ0n) is 16.0. The highest BCUT2D eigenvalue weighted by atomic mass is 16.5. The van der Waals surface area contributed by atoms with Gasteiger partial charge in [0.05, 0.1) is 5.56 Å². The molecule has 0 aliphatic rings. The van der Waals surface area contributed by atoms with Crippen molar-refractivity contribution in [2.75, 3.05) is 6.61 Å². The van der Waals surface area contributed by atoms with E-state index in [4.69, 9.17) is 4.74 Å². The molecule has 0 radical (unpaired) electrons. The summed E-state index contributed by atoms with van der Waals surface area (Å²) >= 11 is 0. The normalized spacial score (nSPS) is 11.8. The highest BCUT2D eigenvalue weighted by Crippen LogP contribution is 2.16. The molecule has 1 unspecified atom stereocenters. The van der Waals surface area contributed by atoms with Gasteiger partial charge < -0.3 is 14.6 Å². The second kappa shape index (κ2) is 9.22. The molecule has 26 heavy (non-hydrogen) atoms. The van der Waals surface area contributed by atoms with Crippen LogP contribution in [-0.2, 0) is 22.5 Å². The van der Waals surface area contributed by atoms with Crippen LogP contribution in [-0.4, -0.2) is 29.1 Å². The Bertz CT molecular complexity index is 750. The summed E-state index contributed by atoms with van der Waals surface area (Å²) in [5.74, 6) is -0.729. The van der Waals surface area contributed by atoms with Gasteiger partial charge in [0.15, 0.2) is 6.61 Å². The van der Waals surface area contributed by atoms with Gasteiger partial charge in [-0.1, -0.05) is 30.3 Å². The summed E-state index contributed by atoms with van der Waals surface area (Å²) in [5.41, 5.74) is 3.64. The molecule has 0 saturated heterocycles. The first-order valence-electron chi connectivity index (χ1n) is 9.09. The van der Waals surface area contributed by atoms with E-state index in [0.29, 0.717) is 5.56 Å². The van der Waals surface area contributed by atoms with Crippen molar-refractivity contribution in [3.05, 3.63) is 58.9 Å². The third-order valence-electron chi connectivity index (χ3n) is 4.56. The van der Waals surface area contributed by atoms with Crippen molar-refractivity contribution in [2.24, 2.45) is 0 Å². The molecule has 1 atom stereocenters. The van der Waals surface area contributed by atoms with Crippen molar-refractivity contribution in [3.63, 3.8) is 0 Å². The molecule has 0 spiro atoms. The number of benzene rings is 1. The summed E-state index contributed by atoms with van der Waals surface area (Å²) in [4.78, 5) is 24.3. The number of ether oxygens (including phenoxy) is 1. The van der Waals surface area contributed by atoms with E-state index in [1.165, 1.54) is 5.56 Å². The maximum Gasteiger partial charge on any atom is 0.340 e. The summed E-state index contributed by atoms with van der Waals surface area (Å²) in [6, 6.07) is 12.0. The molecule has 0 aliphatic carbocycles. The monoisotopic (exact) mass is 356 g/mol. The Hall–Kier alpha value is -2.56. The second-order valence-electron chi connectivity index (χ2n) is 6.60. The number of esters is 1. The second-order valence-corrected chi connectivity index (χ2v) is 6.60. The summed E-state index contributed by atoms with van der Waals surface area (Å²) in [5, 5.41) is 2.88. The SMILES string of the molecule is CCn1c(C)cc(C(=O)OCC(=O)NC(C)CCc2ccccc2)c1C. The number of nitrogens with zero attached hydrogens (tertiary/aromatic N) is 1. The van der Waals surface area contributed by atoms with E-state index in [0.717, 1.165) is 30.8 Å². The lowest BCUT2D eigenvalue weighted by molar-refractivity contribution is -0.124. The molecule has 1 amide bonds. The van der Waals surface area contributed by atoms with Crippen LogP contribution in [0.4, 0.5) is 0 Å². The molecule has 2 aromatic rings. The number of hydrogen-bond acceptors (Lipinski definition) is 3. The average molecular weight is 356 g/mol. The largest absolute Gasteiger partial charge is 0.452 e. The zero-order valence-corrected chi connectivity index (χ0v) is 16.0. The van der Waals surface area contributed by atoms with Crippen LogP contribution >= 0.6 is 0 Å². The van der Waals surface area contributed by atoms with Gasteiger partial charge >= 0.3 is 5.97 Å². The van der Waals surface area contributed by atoms with Crippen LogP contribution in [0.1, 0.15) is 47.6 Å². The predicted molar refractivity (Wildman–Crippen MR) is 102 cm³/mol. The number of carbonyl (C=O) groups is 2. The van der Waals surface area contributed by atoms with E-state index in [2.05, 4.69) is 17.4 Å². The Labute approximate surface area is 155 Å². The zero-order chi connectivity index (χ0) is 19.1. The quantitative estimate of drug-likeness (QED) is 0.737. The van der Waals surface area contributed by atoms with Gasteiger partial charge in [-0.05, 0) is 52.2 Å². The summed E-state index contributed by atoms with van der Waals surface area (Å²) in [6.45, 7) is 8.36. The van der Waals surface area contributed by atoms with E-state index < -0.39 is 5.97 Å². The molecular formula is C21H28N2O3. The van der Waals surface area contributed by atoms with Crippen molar-refractivity contribution in [3.8, 4) is 0 Å². The van der Waals surface area contributed by atoms with Crippen molar-refractivity contribution in [2.45, 2.75) is 53.1 Å². The van der Waals surface area contributed by atoms with Gasteiger partial charge in [0.1, 0.15) is 0 Å². The Balaban J connectivity index is 1.78. The van der Waals surface area contributed by atoms with Crippen LogP contribution in [0.5, 0.6) is 0 Å². The van der Waals surface area contributed by atoms with Gasteiger partial charge in [0, 0.05) is 24.0 Å². The maximum absolute atomic E-state index is 12.2. The fraction of sp³-hybridized carbons (Fsp3) is 0.429. The molecule has 0 saturated carbocycles. The van der Waals surface area contributed by atoms with Gasteiger partial charge in [-0.15, -0.1) is 0 Å². The minimum atomic E-state index is -0.454. The van der Waals surface area contributed by atoms with Crippen LogP contribution in [0.2, 0.25) is 0 Å². The molecule has 1 heterocycles. The Morgan fingerprint density at radius 3 is 2.50 bits per heavy atom. The lowest BCUT2D eigenvalue weighted by Gasteiger charge is -2.14. The molecule has 0 aliphatic heterocycles. The van der Waals surface area contributed by atoms with Crippen LogP contribution in [0.15, 0.2) is 36.4 Å². The minimum absolute atomic E-state index is 0.0200. The summed E-state index contributed by atoms with van der Waals surface area (Å²) in [6.07, 6.45) is 1.73. The van der Waals surface area contributed by atoms with Gasteiger partial charge in [-0.2, -0.15) is 0 Å². The number of nitrogens with one attached hydrogen (secondary N) is 1. The molecular weight excluding hydrogens is 328 g/mol. The van der Waals surface area contributed by atoms with Crippen molar-refractivity contribution in [1.29, 1.82) is 0 Å². The first kappa shape index (κ1) is 19.8. The fourth-order valence-corrected chi connectivity index (χ4v) is 3.12. The number of aryl methyl sites for hydroxylation is 2. The fourth-order valence-electron chi connectivity index (χ4n) is 3.12. The van der Waals surface area contributed by atoms with Crippen LogP contribution in [0, 0.1) is 13.8 Å². The third kappa shape index (κ3) is 5.22. The van der Waals surface area contributed by atoms with Gasteiger partial charge in [0.25, 0.3) is 5.91 Å². The first-order valence-corrected chi connectivity index (χ1v) is 9.09. The Morgan fingerprint density at radius 2 is 1.88 bits per heavy atom. The molecule has 1 aromatic carbocycles. The first-order chi connectivity index (χ1) is 12.4. The number of rotatable bonds is 8. The van der Waals surface area contributed by atoms with E-state index in [9.17, 15) is 9.59 Å². The molecule has 5 nitrogen and oxygen atoms in total. The van der Waals surface area contributed by atoms with E-state index in [1.54, 1.807) is 0 Å². The third-order valence-corrected chi connectivity index (χ3v) is 4.56.